The molecule has 0 saturated heterocycles. The van der Waals surface area contributed by atoms with Gasteiger partial charge in [-0.3, -0.25) is 19.8 Å². The highest BCUT2D eigenvalue weighted by Crippen LogP contribution is 2.35. The Morgan fingerprint density at radius 3 is 2.00 bits per heavy atom. The van der Waals surface area contributed by atoms with Crippen LogP contribution in [-0.4, -0.2) is 95.9 Å². The lowest BCUT2D eigenvalue weighted by Gasteiger charge is -2.37. The van der Waals surface area contributed by atoms with Crippen LogP contribution in [0.4, 0.5) is 0 Å². The standard InChI is InChI=1S/C31H59N5O7S/c1-6-13-35(14-7-2)31(41)24-17-23(18-26(19-24)44(32,42)43)30(40)33-27(16-22-9-11-25(37)12-10-22)28(38)20-36(15-8-3)34-29(39)21(4)5/h21-28,37-38H,6-20H2,1-5H3,(H,33,40)(H,34,39)(H2,32,42,43). The molecule has 0 aromatic carbocycles. The van der Waals surface area contributed by atoms with E-state index in [-0.39, 0.29) is 55.6 Å². The summed E-state index contributed by atoms with van der Waals surface area (Å²) in [4.78, 5) is 41.5. The van der Waals surface area contributed by atoms with Gasteiger partial charge in [0.15, 0.2) is 0 Å². The lowest BCUT2D eigenvalue weighted by Crippen LogP contribution is -2.55. The highest BCUT2D eigenvalue weighted by atomic mass is 32.2. The second kappa shape index (κ2) is 18.4. The van der Waals surface area contributed by atoms with Crippen LogP contribution in [0.3, 0.4) is 0 Å². The Morgan fingerprint density at radius 1 is 0.909 bits per heavy atom. The van der Waals surface area contributed by atoms with E-state index >= 15 is 0 Å². The summed E-state index contributed by atoms with van der Waals surface area (Å²) in [5.41, 5.74) is 2.87. The summed E-state index contributed by atoms with van der Waals surface area (Å²) in [6, 6.07) is -0.668. The number of hydrazine groups is 1. The Labute approximate surface area is 264 Å². The molecule has 0 spiro atoms. The summed E-state index contributed by atoms with van der Waals surface area (Å²) in [5.74, 6) is -2.18. The van der Waals surface area contributed by atoms with Crippen molar-refractivity contribution in [2.24, 2.45) is 28.8 Å². The van der Waals surface area contributed by atoms with Gasteiger partial charge in [0.05, 0.1) is 23.5 Å². The summed E-state index contributed by atoms with van der Waals surface area (Å²) >= 11 is 0. The molecule has 44 heavy (non-hydrogen) atoms. The number of nitrogens with one attached hydrogen (secondary N) is 2. The lowest BCUT2D eigenvalue weighted by atomic mass is 9.79. The second-order valence-corrected chi connectivity index (χ2v) is 15.2. The maximum absolute atomic E-state index is 13.8. The summed E-state index contributed by atoms with van der Waals surface area (Å²) in [6.07, 6.45) is 4.54. The summed E-state index contributed by atoms with van der Waals surface area (Å²) in [6.45, 7) is 11.2. The van der Waals surface area contributed by atoms with Gasteiger partial charge in [-0.1, -0.05) is 34.6 Å². The number of primary sulfonamides is 1. The number of carbonyl (C=O) groups is 3. The zero-order valence-corrected chi connectivity index (χ0v) is 28.4. The highest BCUT2D eigenvalue weighted by Gasteiger charge is 2.42. The molecular weight excluding hydrogens is 586 g/mol. The Balaban J connectivity index is 2.28. The van der Waals surface area contributed by atoms with E-state index in [0.29, 0.717) is 38.9 Å². The SMILES string of the molecule is CCCN(CC(O)C(CC1CCC(O)CC1)NC(=O)C1CC(C(=O)N(CCC)CCC)CC(S(N)(=O)=O)C1)NC(=O)C(C)C. The molecule has 256 valence electrons. The van der Waals surface area contributed by atoms with Crippen molar-refractivity contribution in [1.29, 1.82) is 0 Å². The predicted molar refractivity (Wildman–Crippen MR) is 170 cm³/mol. The van der Waals surface area contributed by atoms with E-state index in [0.717, 1.165) is 32.1 Å². The van der Waals surface area contributed by atoms with Crippen LogP contribution in [0.2, 0.25) is 0 Å². The molecule has 0 bridgehead atoms. The molecule has 0 radical (unpaired) electrons. The van der Waals surface area contributed by atoms with Crippen molar-refractivity contribution < 1.29 is 33.0 Å². The molecule has 2 fully saturated rings. The Kier molecular flexibility index (Phi) is 16.0. The molecule has 2 aliphatic rings. The van der Waals surface area contributed by atoms with Gasteiger partial charge >= 0.3 is 0 Å². The number of amides is 3. The molecule has 6 N–H and O–H groups in total. The first-order valence-electron chi connectivity index (χ1n) is 16.7. The van der Waals surface area contributed by atoms with E-state index in [2.05, 4.69) is 10.7 Å². The number of nitrogens with two attached hydrogens (primary N) is 1. The van der Waals surface area contributed by atoms with Gasteiger partial charge in [-0.25, -0.2) is 18.6 Å². The van der Waals surface area contributed by atoms with Gasteiger partial charge in [0.2, 0.25) is 27.7 Å². The quantitative estimate of drug-likeness (QED) is 0.149. The van der Waals surface area contributed by atoms with Crippen molar-refractivity contribution >= 4 is 27.7 Å². The summed E-state index contributed by atoms with van der Waals surface area (Å²) in [5, 5.41) is 30.7. The molecule has 3 amide bonds. The molecule has 0 aromatic rings. The smallest absolute Gasteiger partial charge is 0.236 e. The minimum Gasteiger partial charge on any atom is -0.393 e. The third-order valence-corrected chi connectivity index (χ3v) is 10.4. The molecule has 13 heteroatoms. The fourth-order valence-corrected chi connectivity index (χ4v) is 7.54. The van der Waals surface area contributed by atoms with Gasteiger partial charge < -0.3 is 20.4 Å². The average Bonchev–Trinajstić information content (AvgIpc) is 2.96. The van der Waals surface area contributed by atoms with E-state index in [1.54, 1.807) is 23.8 Å². The van der Waals surface area contributed by atoms with Gasteiger partial charge in [-0.15, -0.1) is 0 Å². The monoisotopic (exact) mass is 645 g/mol. The number of hydrogen-bond donors (Lipinski definition) is 5. The first kappa shape index (κ1) is 38.4. The minimum atomic E-state index is -3.99. The summed E-state index contributed by atoms with van der Waals surface area (Å²) in [7, 11) is -3.99. The van der Waals surface area contributed by atoms with Crippen molar-refractivity contribution in [1.82, 2.24) is 20.7 Å². The molecule has 0 aromatic heterocycles. The Hall–Kier alpha value is -1.80. The van der Waals surface area contributed by atoms with Crippen molar-refractivity contribution in [3.63, 3.8) is 0 Å². The molecule has 5 unspecified atom stereocenters. The van der Waals surface area contributed by atoms with Crippen LogP contribution in [0.5, 0.6) is 0 Å². The van der Waals surface area contributed by atoms with Crippen LogP contribution in [0.25, 0.3) is 0 Å². The number of carbonyl (C=O) groups excluding carboxylic acids is 3. The van der Waals surface area contributed by atoms with Crippen molar-refractivity contribution in [3.8, 4) is 0 Å². The predicted octanol–water partition coefficient (Wildman–Crippen LogP) is 1.89. The van der Waals surface area contributed by atoms with Crippen molar-refractivity contribution in [2.45, 2.75) is 129 Å². The maximum atomic E-state index is 13.8. The number of aliphatic hydroxyl groups is 2. The van der Waals surface area contributed by atoms with Crippen molar-refractivity contribution in [3.05, 3.63) is 0 Å². The van der Waals surface area contributed by atoms with Gasteiger partial charge in [0.1, 0.15) is 0 Å². The van der Waals surface area contributed by atoms with E-state index < -0.39 is 45.2 Å². The van der Waals surface area contributed by atoms with Crippen LogP contribution in [0.1, 0.15) is 105 Å². The molecule has 0 aliphatic heterocycles. The maximum Gasteiger partial charge on any atom is 0.236 e. The number of sulfonamides is 1. The van der Waals surface area contributed by atoms with E-state index in [4.69, 9.17) is 5.14 Å². The van der Waals surface area contributed by atoms with Gasteiger partial charge in [-0.2, -0.15) is 0 Å². The Morgan fingerprint density at radius 2 is 1.48 bits per heavy atom. The third-order valence-electron chi connectivity index (χ3n) is 9.04. The number of hydrogen-bond acceptors (Lipinski definition) is 8. The normalized spacial score (nSPS) is 25.8. The molecule has 2 rings (SSSR count). The molecule has 2 aliphatic carbocycles. The highest BCUT2D eigenvalue weighted by molar-refractivity contribution is 7.89. The van der Waals surface area contributed by atoms with Gasteiger partial charge in [0, 0.05) is 43.9 Å². The fourth-order valence-electron chi connectivity index (χ4n) is 6.53. The van der Waals surface area contributed by atoms with E-state index in [9.17, 15) is 33.0 Å². The molecule has 12 nitrogen and oxygen atoms in total. The topological polar surface area (TPSA) is 182 Å². The molecule has 5 atom stereocenters. The third kappa shape index (κ3) is 12.2. The van der Waals surface area contributed by atoms with Gasteiger partial charge in [0.25, 0.3) is 0 Å². The average molecular weight is 646 g/mol. The van der Waals surface area contributed by atoms with E-state index in [1.807, 2.05) is 20.8 Å². The summed E-state index contributed by atoms with van der Waals surface area (Å²) < 4.78 is 25.0. The fraction of sp³-hybridized carbons (Fsp3) is 0.903. The van der Waals surface area contributed by atoms with Gasteiger partial charge in [-0.05, 0) is 76.5 Å². The minimum absolute atomic E-state index is 0.0147. The molecule has 0 heterocycles. The van der Waals surface area contributed by atoms with Crippen LogP contribution in [-0.2, 0) is 24.4 Å². The van der Waals surface area contributed by atoms with Crippen LogP contribution >= 0.6 is 0 Å². The largest absolute Gasteiger partial charge is 0.393 e. The first-order chi connectivity index (χ1) is 20.7. The molecule has 2 saturated carbocycles. The first-order valence-corrected chi connectivity index (χ1v) is 18.3. The zero-order valence-electron chi connectivity index (χ0n) is 27.5. The van der Waals surface area contributed by atoms with Crippen LogP contribution < -0.4 is 15.9 Å². The molecular formula is C31H59N5O7S. The number of aliphatic hydroxyl groups excluding tert-OH is 2. The Bertz CT molecular complexity index is 1010. The number of nitrogens with zero attached hydrogens (tertiary/aromatic N) is 2. The lowest BCUT2D eigenvalue weighted by molar-refractivity contribution is -0.139. The second-order valence-electron chi connectivity index (χ2n) is 13.3. The number of rotatable bonds is 17. The zero-order chi connectivity index (χ0) is 33.0. The van der Waals surface area contributed by atoms with Crippen LogP contribution in [0, 0.1) is 23.7 Å². The van der Waals surface area contributed by atoms with Crippen molar-refractivity contribution in [2.75, 3.05) is 26.2 Å². The van der Waals surface area contributed by atoms with E-state index in [1.165, 1.54) is 0 Å². The van der Waals surface area contributed by atoms with Crippen LogP contribution in [0.15, 0.2) is 0 Å².